The van der Waals surface area contributed by atoms with E-state index in [-0.39, 0.29) is 12.5 Å². The Labute approximate surface area is 133 Å². The Morgan fingerprint density at radius 2 is 1.67 bits per heavy atom. The molecule has 21 heavy (non-hydrogen) atoms. The van der Waals surface area contributed by atoms with Gasteiger partial charge in [-0.2, -0.15) is 0 Å². The molecule has 0 unspecified atom stereocenters. The van der Waals surface area contributed by atoms with Crippen LogP contribution in [-0.4, -0.2) is 12.5 Å². The van der Waals surface area contributed by atoms with Gasteiger partial charge in [0.1, 0.15) is 0 Å². The first-order valence-corrected chi connectivity index (χ1v) is 7.61. The normalized spacial score (nSPS) is 10.3. The van der Waals surface area contributed by atoms with Crippen LogP contribution in [0.5, 0.6) is 0 Å². The first-order chi connectivity index (χ1) is 9.94. The van der Waals surface area contributed by atoms with Gasteiger partial charge in [0.05, 0.1) is 6.54 Å². The summed E-state index contributed by atoms with van der Waals surface area (Å²) in [6.45, 7) is 6.30. The van der Waals surface area contributed by atoms with Crippen LogP contribution in [0.15, 0.2) is 40.9 Å². The quantitative estimate of drug-likeness (QED) is 0.859. The number of halogens is 1. The minimum absolute atomic E-state index is 0.0550. The van der Waals surface area contributed by atoms with E-state index in [1.807, 2.05) is 51.1 Å². The lowest BCUT2D eigenvalue weighted by atomic mass is 10.1. The Balaban J connectivity index is 1.94. The van der Waals surface area contributed by atoms with Crippen molar-refractivity contribution in [2.45, 2.75) is 20.8 Å². The summed E-state index contributed by atoms with van der Waals surface area (Å²) >= 11 is 3.46. The molecule has 0 bridgehead atoms. The molecule has 110 valence electrons. The van der Waals surface area contributed by atoms with Gasteiger partial charge in [-0.3, -0.25) is 4.79 Å². The number of hydrogen-bond acceptors (Lipinski definition) is 2. The molecule has 1 amide bonds. The van der Waals surface area contributed by atoms with Crippen LogP contribution >= 0.6 is 15.9 Å². The van der Waals surface area contributed by atoms with Crippen LogP contribution in [0.25, 0.3) is 0 Å². The molecule has 0 fully saturated rings. The molecule has 0 aliphatic rings. The minimum atomic E-state index is -0.0550. The highest BCUT2D eigenvalue weighted by Gasteiger charge is 2.04. The predicted molar refractivity (Wildman–Crippen MR) is 91.9 cm³/mol. The molecule has 0 atom stereocenters. The zero-order valence-electron chi connectivity index (χ0n) is 12.5. The van der Waals surface area contributed by atoms with Gasteiger partial charge in [0, 0.05) is 15.8 Å². The van der Waals surface area contributed by atoms with Gasteiger partial charge in [-0.25, -0.2) is 0 Å². The van der Waals surface area contributed by atoms with E-state index in [2.05, 4.69) is 32.6 Å². The molecule has 2 aromatic carbocycles. The van der Waals surface area contributed by atoms with Crippen LogP contribution < -0.4 is 10.6 Å². The molecule has 2 aromatic rings. The van der Waals surface area contributed by atoms with Crippen molar-refractivity contribution in [3.63, 3.8) is 0 Å². The number of amides is 1. The average molecular weight is 347 g/mol. The predicted octanol–water partition coefficient (Wildman–Crippen LogP) is 4.42. The van der Waals surface area contributed by atoms with Crippen LogP contribution in [0.4, 0.5) is 11.4 Å². The van der Waals surface area contributed by atoms with Crippen LogP contribution in [0.2, 0.25) is 0 Å². The van der Waals surface area contributed by atoms with E-state index in [1.165, 1.54) is 0 Å². The first kappa shape index (κ1) is 15.6. The number of nitrogens with one attached hydrogen (secondary N) is 2. The van der Waals surface area contributed by atoms with E-state index in [0.29, 0.717) is 0 Å². The third-order valence-electron chi connectivity index (χ3n) is 3.12. The maximum Gasteiger partial charge on any atom is 0.243 e. The number of anilines is 2. The lowest BCUT2D eigenvalue weighted by molar-refractivity contribution is -0.114. The molecule has 2 rings (SSSR count). The highest BCUT2D eigenvalue weighted by molar-refractivity contribution is 9.10. The van der Waals surface area contributed by atoms with E-state index >= 15 is 0 Å². The van der Waals surface area contributed by atoms with E-state index in [1.54, 1.807) is 0 Å². The van der Waals surface area contributed by atoms with Gasteiger partial charge in [0.25, 0.3) is 0 Å². The standard InChI is InChI=1S/C17H19BrN2O/c1-11-6-12(2)8-15(7-11)20-17(21)10-19-14-4-5-16(18)13(3)9-14/h4-9,19H,10H2,1-3H3,(H,20,21). The van der Waals surface area contributed by atoms with Crippen molar-refractivity contribution in [2.75, 3.05) is 17.2 Å². The number of benzene rings is 2. The minimum Gasteiger partial charge on any atom is -0.376 e. The van der Waals surface area contributed by atoms with Crippen LogP contribution in [-0.2, 0) is 4.79 Å². The molecule has 0 heterocycles. The molecule has 0 saturated heterocycles. The molecule has 2 N–H and O–H groups in total. The largest absolute Gasteiger partial charge is 0.376 e. The Hall–Kier alpha value is -1.81. The van der Waals surface area contributed by atoms with Crippen molar-refractivity contribution < 1.29 is 4.79 Å². The van der Waals surface area contributed by atoms with Gasteiger partial charge >= 0.3 is 0 Å². The zero-order chi connectivity index (χ0) is 15.4. The van der Waals surface area contributed by atoms with Crippen LogP contribution in [0, 0.1) is 20.8 Å². The fraction of sp³-hybridized carbons (Fsp3) is 0.235. The maximum absolute atomic E-state index is 12.0. The van der Waals surface area contributed by atoms with Crippen molar-refractivity contribution >= 4 is 33.2 Å². The number of aryl methyl sites for hydroxylation is 3. The maximum atomic E-state index is 12.0. The number of carbonyl (C=O) groups excluding carboxylic acids is 1. The first-order valence-electron chi connectivity index (χ1n) is 6.82. The van der Waals surface area contributed by atoms with E-state index in [9.17, 15) is 4.79 Å². The van der Waals surface area contributed by atoms with Crippen molar-refractivity contribution in [2.24, 2.45) is 0 Å². The highest BCUT2D eigenvalue weighted by Crippen LogP contribution is 2.20. The highest BCUT2D eigenvalue weighted by atomic mass is 79.9. The van der Waals surface area contributed by atoms with Crippen molar-refractivity contribution in [1.29, 1.82) is 0 Å². The number of rotatable bonds is 4. The zero-order valence-corrected chi connectivity index (χ0v) is 14.0. The van der Waals surface area contributed by atoms with Crippen LogP contribution in [0.3, 0.4) is 0 Å². The Kier molecular flexibility index (Phi) is 5.02. The fourth-order valence-corrected chi connectivity index (χ4v) is 2.44. The van der Waals surface area contributed by atoms with Gasteiger partial charge in [-0.05, 0) is 67.8 Å². The average Bonchev–Trinajstić information content (AvgIpc) is 2.39. The molecule has 0 radical (unpaired) electrons. The Morgan fingerprint density at radius 1 is 1.00 bits per heavy atom. The SMILES string of the molecule is Cc1cc(C)cc(NC(=O)CNc2ccc(Br)c(C)c2)c1. The third-order valence-corrected chi connectivity index (χ3v) is 4.01. The molecule has 0 aliphatic heterocycles. The lowest BCUT2D eigenvalue weighted by Gasteiger charge is -2.10. The smallest absolute Gasteiger partial charge is 0.243 e. The summed E-state index contributed by atoms with van der Waals surface area (Å²) < 4.78 is 1.06. The molecular formula is C17H19BrN2O. The van der Waals surface area contributed by atoms with E-state index < -0.39 is 0 Å². The Bertz CT molecular complexity index is 648. The van der Waals surface area contributed by atoms with Gasteiger partial charge in [-0.1, -0.05) is 22.0 Å². The van der Waals surface area contributed by atoms with E-state index in [0.717, 1.165) is 32.5 Å². The van der Waals surface area contributed by atoms with Gasteiger partial charge in [0.2, 0.25) is 5.91 Å². The number of carbonyl (C=O) groups is 1. The molecular weight excluding hydrogens is 328 g/mol. The third kappa shape index (κ3) is 4.60. The second kappa shape index (κ2) is 6.76. The summed E-state index contributed by atoms with van der Waals surface area (Å²) in [6.07, 6.45) is 0. The van der Waals surface area contributed by atoms with Gasteiger partial charge < -0.3 is 10.6 Å². The van der Waals surface area contributed by atoms with E-state index in [4.69, 9.17) is 0 Å². The summed E-state index contributed by atoms with van der Waals surface area (Å²) in [6, 6.07) is 11.9. The number of hydrogen-bond donors (Lipinski definition) is 2. The van der Waals surface area contributed by atoms with Gasteiger partial charge in [0.15, 0.2) is 0 Å². The summed E-state index contributed by atoms with van der Waals surface area (Å²) in [5.41, 5.74) is 5.19. The summed E-state index contributed by atoms with van der Waals surface area (Å²) in [7, 11) is 0. The summed E-state index contributed by atoms with van der Waals surface area (Å²) in [4.78, 5) is 12.0. The van der Waals surface area contributed by atoms with Gasteiger partial charge in [-0.15, -0.1) is 0 Å². The summed E-state index contributed by atoms with van der Waals surface area (Å²) in [5.74, 6) is -0.0550. The molecule has 0 aromatic heterocycles. The summed E-state index contributed by atoms with van der Waals surface area (Å²) in [5, 5.41) is 6.04. The molecule has 4 heteroatoms. The van der Waals surface area contributed by atoms with Crippen molar-refractivity contribution in [3.05, 3.63) is 57.6 Å². The molecule has 3 nitrogen and oxygen atoms in total. The molecule has 0 spiro atoms. The lowest BCUT2D eigenvalue weighted by Crippen LogP contribution is -2.21. The molecule has 0 aliphatic carbocycles. The second-order valence-corrected chi connectivity index (χ2v) is 6.10. The topological polar surface area (TPSA) is 41.1 Å². The Morgan fingerprint density at radius 3 is 2.29 bits per heavy atom. The fourth-order valence-electron chi connectivity index (χ4n) is 2.19. The van der Waals surface area contributed by atoms with Crippen molar-refractivity contribution in [3.8, 4) is 0 Å². The second-order valence-electron chi connectivity index (χ2n) is 5.24. The molecule has 0 saturated carbocycles. The van der Waals surface area contributed by atoms with Crippen LogP contribution in [0.1, 0.15) is 16.7 Å². The van der Waals surface area contributed by atoms with Crippen molar-refractivity contribution in [1.82, 2.24) is 0 Å². The monoisotopic (exact) mass is 346 g/mol.